The van der Waals surface area contributed by atoms with Crippen LogP contribution in [-0.4, -0.2) is 71.2 Å². The maximum atomic E-state index is 14.8. The van der Waals surface area contributed by atoms with Gasteiger partial charge in [0.05, 0.1) is 17.4 Å². The smallest absolute Gasteiger partial charge is 0.253 e. The molecule has 6 atom stereocenters. The van der Waals surface area contributed by atoms with Crippen molar-refractivity contribution < 1.29 is 24.2 Å². The van der Waals surface area contributed by atoms with Crippen LogP contribution < -0.4 is 9.80 Å². The van der Waals surface area contributed by atoms with E-state index in [-0.39, 0.29) is 43.3 Å². The normalized spacial score (nSPS) is 28.2. The Hall–Kier alpha value is -3.46. The summed E-state index contributed by atoms with van der Waals surface area (Å²) in [6.45, 7) is 12.7. The number of rotatable bonds is 14. The van der Waals surface area contributed by atoms with Gasteiger partial charge in [-0.2, -0.15) is 0 Å². The lowest BCUT2D eigenvalue weighted by Crippen LogP contribution is -2.57. The monoisotopic (exact) mass is 633 g/mol. The number of benzene rings is 2. The maximum absolute atomic E-state index is 14.8. The molecule has 3 amide bonds. The lowest BCUT2D eigenvalue weighted by molar-refractivity contribution is -0.145. The van der Waals surface area contributed by atoms with Crippen molar-refractivity contribution in [2.24, 2.45) is 17.8 Å². The van der Waals surface area contributed by atoms with Crippen LogP contribution >= 0.6 is 11.6 Å². The van der Waals surface area contributed by atoms with Gasteiger partial charge in [0.25, 0.3) is 5.91 Å². The van der Waals surface area contributed by atoms with Crippen molar-refractivity contribution in [1.82, 2.24) is 4.90 Å². The Morgan fingerprint density at radius 3 is 2.20 bits per heavy atom. The van der Waals surface area contributed by atoms with Crippen LogP contribution in [0.5, 0.6) is 0 Å². The van der Waals surface area contributed by atoms with E-state index in [0.29, 0.717) is 42.2 Å². The number of para-hydroxylation sites is 1. The van der Waals surface area contributed by atoms with Gasteiger partial charge in [-0.05, 0) is 68.5 Å². The summed E-state index contributed by atoms with van der Waals surface area (Å²) in [7, 11) is 0. The number of amides is 3. The molecule has 8 nitrogen and oxygen atoms in total. The first kappa shape index (κ1) is 32.9. The molecule has 45 heavy (non-hydrogen) atoms. The lowest BCUT2D eigenvalue weighted by Gasteiger charge is -2.39. The second-order valence-corrected chi connectivity index (χ2v) is 13.1. The van der Waals surface area contributed by atoms with E-state index in [1.165, 1.54) is 0 Å². The molecule has 9 heteroatoms. The largest absolute Gasteiger partial charge is 0.396 e. The number of unbranched alkanes of at least 4 members (excludes halogenated alkanes) is 3. The van der Waals surface area contributed by atoms with Crippen molar-refractivity contribution in [3.05, 3.63) is 84.9 Å². The number of hydrogen-bond donors (Lipinski definition) is 1. The Morgan fingerprint density at radius 1 is 0.978 bits per heavy atom. The van der Waals surface area contributed by atoms with E-state index in [9.17, 15) is 19.5 Å². The number of halogens is 1. The Morgan fingerprint density at radius 2 is 1.58 bits per heavy atom. The van der Waals surface area contributed by atoms with Crippen LogP contribution in [0.1, 0.15) is 46.0 Å². The Bertz CT molecular complexity index is 1420. The molecule has 0 radical (unpaired) electrons. The van der Waals surface area contributed by atoms with Gasteiger partial charge in [0.2, 0.25) is 11.8 Å². The molecule has 1 N–H and O–H groups in total. The molecule has 240 valence electrons. The zero-order valence-corrected chi connectivity index (χ0v) is 27.0. The fraction of sp³-hybridized carbons (Fsp3) is 0.472. The van der Waals surface area contributed by atoms with Crippen LogP contribution in [0.3, 0.4) is 0 Å². The van der Waals surface area contributed by atoms with E-state index in [0.717, 1.165) is 12.8 Å². The molecule has 0 aliphatic carbocycles. The fourth-order valence-corrected chi connectivity index (χ4v) is 7.96. The quantitative estimate of drug-likeness (QED) is 0.215. The highest BCUT2D eigenvalue weighted by molar-refractivity contribution is 6.30. The fourth-order valence-electron chi connectivity index (χ4n) is 7.83. The topological polar surface area (TPSA) is 90.4 Å². The summed E-state index contributed by atoms with van der Waals surface area (Å²) >= 11 is 6.17. The summed E-state index contributed by atoms with van der Waals surface area (Å²) < 4.78 is 6.98. The summed E-state index contributed by atoms with van der Waals surface area (Å²) in [4.78, 5) is 49.1. The van der Waals surface area contributed by atoms with Crippen molar-refractivity contribution in [2.75, 3.05) is 36.0 Å². The van der Waals surface area contributed by atoms with E-state index < -0.39 is 29.1 Å². The first-order valence-electron chi connectivity index (χ1n) is 15.9. The average molecular weight is 634 g/mol. The molecular weight excluding hydrogens is 590 g/mol. The molecule has 3 heterocycles. The molecule has 2 aromatic carbocycles. The number of ether oxygens (including phenoxy) is 1. The third-order valence-corrected chi connectivity index (χ3v) is 10.2. The van der Waals surface area contributed by atoms with Crippen LogP contribution in [0.25, 0.3) is 0 Å². The molecule has 3 aliphatic rings. The summed E-state index contributed by atoms with van der Waals surface area (Å²) in [5.41, 5.74) is -0.758. The van der Waals surface area contributed by atoms with Gasteiger partial charge in [-0.15, -0.1) is 13.2 Å². The van der Waals surface area contributed by atoms with Crippen molar-refractivity contribution in [1.29, 1.82) is 0 Å². The molecule has 2 bridgehead atoms. The second-order valence-electron chi connectivity index (χ2n) is 12.7. The van der Waals surface area contributed by atoms with E-state index in [4.69, 9.17) is 16.3 Å². The van der Waals surface area contributed by atoms with Crippen LogP contribution in [0.15, 0.2) is 79.9 Å². The number of anilines is 2. The van der Waals surface area contributed by atoms with Gasteiger partial charge in [0.15, 0.2) is 0 Å². The molecule has 3 saturated heterocycles. The van der Waals surface area contributed by atoms with Gasteiger partial charge in [0, 0.05) is 42.6 Å². The van der Waals surface area contributed by atoms with Gasteiger partial charge >= 0.3 is 0 Å². The van der Waals surface area contributed by atoms with Gasteiger partial charge in [0.1, 0.15) is 11.6 Å². The highest BCUT2D eigenvalue weighted by atomic mass is 35.5. The minimum absolute atomic E-state index is 0.0833. The zero-order valence-electron chi connectivity index (χ0n) is 26.2. The van der Waals surface area contributed by atoms with Crippen molar-refractivity contribution in [3.8, 4) is 0 Å². The molecule has 3 fully saturated rings. The molecule has 0 aromatic heterocycles. The third kappa shape index (κ3) is 5.73. The minimum Gasteiger partial charge on any atom is -0.396 e. The zero-order chi connectivity index (χ0) is 32.4. The number of aliphatic hydroxyl groups is 1. The Labute approximate surface area is 271 Å². The SMILES string of the molecule is C=CCN(C(=O)C1N(CCCCCCO)C(=O)[C@@H]2[C@H](C(=O)N(CC=C)c3ccccc3)[C@@]3(C)OC12CC3C)c1ccc(Cl)cc1. The summed E-state index contributed by atoms with van der Waals surface area (Å²) in [5.74, 6) is -2.37. The van der Waals surface area contributed by atoms with Crippen molar-refractivity contribution in [2.45, 2.75) is 63.2 Å². The molecule has 5 rings (SSSR count). The van der Waals surface area contributed by atoms with Crippen LogP contribution in [0, 0.1) is 17.8 Å². The Balaban J connectivity index is 1.58. The Kier molecular flexibility index (Phi) is 9.87. The van der Waals surface area contributed by atoms with Gasteiger partial charge < -0.3 is 24.5 Å². The standard InChI is InChI=1S/C36H44ClN3O5/c1-5-20-38(27-14-10-9-11-15-27)32(42)29-30-33(43)40(22-12-7-8-13-23-41)31(36(30)24-25(3)35(29,4)45-36)34(44)39(21-6-2)28-18-16-26(37)17-19-28/h5-6,9-11,14-19,25,29-31,41H,1-2,7-8,12-13,20-24H2,3-4H3/t25?,29-,30+,31?,35+,36?/m1/s1. The highest BCUT2D eigenvalue weighted by Crippen LogP contribution is 2.65. The predicted octanol–water partition coefficient (Wildman–Crippen LogP) is 5.64. The van der Waals surface area contributed by atoms with Crippen LogP contribution in [0.2, 0.25) is 5.02 Å². The first-order valence-corrected chi connectivity index (χ1v) is 16.3. The summed E-state index contributed by atoms with van der Waals surface area (Å²) in [6, 6.07) is 15.5. The third-order valence-electron chi connectivity index (χ3n) is 9.98. The molecular formula is C36H44ClN3O5. The maximum Gasteiger partial charge on any atom is 0.253 e. The van der Waals surface area contributed by atoms with Crippen molar-refractivity contribution >= 4 is 40.7 Å². The summed E-state index contributed by atoms with van der Waals surface area (Å²) in [6.07, 6.45) is 6.79. The number of fused-ring (bicyclic) bond motifs is 1. The number of hydrogen-bond acceptors (Lipinski definition) is 5. The number of carbonyl (C=O) groups excluding carboxylic acids is 3. The van der Waals surface area contributed by atoms with Crippen LogP contribution in [-0.2, 0) is 19.1 Å². The minimum atomic E-state index is -1.17. The van der Waals surface area contributed by atoms with Crippen LogP contribution in [0.4, 0.5) is 11.4 Å². The molecule has 1 spiro atoms. The molecule has 0 saturated carbocycles. The molecule has 3 unspecified atom stereocenters. The van der Waals surface area contributed by atoms with E-state index in [1.807, 2.05) is 37.3 Å². The number of likely N-dealkylation sites (tertiary alicyclic amines) is 1. The second kappa shape index (κ2) is 13.5. The van der Waals surface area contributed by atoms with E-state index in [1.54, 1.807) is 51.1 Å². The van der Waals surface area contributed by atoms with Gasteiger partial charge in [-0.25, -0.2) is 0 Å². The van der Waals surface area contributed by atoms with Gasteiger partial charge in [-0.3, -0.25) is 14.4 Å². The lowest BCUT2D eigenvalue weighted by atomic mass is 9.62. The first-order chi connectivity index (χ1) is 21.6. The molecule has 3 aliphatic heterocycles. The number of aliphatic hydroxyl groups excluding tert-OH is 1. The van der Waals surface area contributed by atoms with E-state index in [2.05, 4.69) is 20.1 Å². The predicted molar refractivity (Wildman–Crippen MR) is 177 cm³/mol. The number of nitrogens with zero attached hydrogens (tertiary/aromatic N) is 3. The average Bonchev–Trinajstić information content (AvgIpc) is 3.55. The van der Waals surface area contributed by atoms with E-state index >= 15 is 0 Å². The van der Waals surface area contributed by atoms with Crippen molar-refractivity contribution in [3.63, 3.8) is 0 Å². The highest BCUT2D eigenvalue weighted by Gasteiger charge is 2.80. The summed E-state index contributed by atoms with van der Waals surface area (Å²) in [5, 5.41) is 9.80. The number of carbonyl (C=O) groups is 3. The molecule has 2 aromatic rings. The van der Waals surface area contributed by atoms with Gasteiger partial charge in [-0.1, -0.05) is 61.7 Å².